The summed E-state index contributed by atoms with van der Waals surface area (Å²) < 4.78 is 5.08. The Balaban J connectivity index is 2.25. The van der Waals surface area contributed by atoms with Gasteiger partial charge in [-0.1, -0.05) is 18.1 Å². The first-order valence-electron chi connectivity index (χ1n) is 6.19. The number of anilines is 1. The molecule has 0 aliphatic carbocycles. The van der Waals surface area contributed by atoms with Crippen LogP contribution < -0.4 is 11.1 Å². The number of amides is 2. The Hall–Kier alpha value is -2.63. The Kier molecular flexibility index (Phi) is 3.84. The molecule has 1 heterocycles. The number of aryl methyl sites for hydroxylation is 2. The number of hydrogen-bond acceptors (Lipinski definition) is 4. The fraction of sp³-hybridized carbons (Fsp3) is 0.214. The molecule has 20 heavy (non-hydrogen) atoms. The molecule has 0 unspecified atom stereocenters. The first-order chi connectivity index (χ1) is 9.52. The number of carbonyl (C=O) groups excluding carboxylic acids is 2. The quantitative estimate of drug-likeness (QED) is 0.888. The second-order valence-electron chi connectivity index (χ2n) is 4.32. The first kappa shape index (κ1) is 13.8. The van der Waals surface area contributed by atoms with Crippen LogP contribution in [0.2, 0.25) is 0 Å². The van der Waals surface area contributed by atoms with Crippen molar-refractivity contribution in [2.24, 2.45) is 5.73 Å². The maximum Gasteiger partial charge on any atom is 0.261 e. The van der Waals surface area contributed by atoms with E-state index < -0.39 is 5.91 Å². The third-order valence-corrected chi connectivity index (χ3v) is 2.89. The van der Waals surface area contributed by atoms with Crippen molar-refractivity contribution >= 4 is 17.5 Å². The zero-order valence-electron chi connectivity index (χ0n) is 11.3. The van der Waals surface area contributed by atoms with E-state index in [1.54, 1.807) is 25.1 Å². The second-order valence-corrected chi connectivity index (χ2v) is 4.32. The zero-order chi connectivity index (χ0) is 14.7. The van der Waals surface area contributed by atoms with E-state index >= 15 is 0 Å². The highest BCUT2D eigenvalue weighted by atomic mass is 16.5. The molecule has 3 N–H and O–H groups in total. The van der Waals surface area contributed by atoms with Crippen molar-refractivity contribution in [3.05, 3.63) is 46.8 Å². The predicted octanol–water partition coefficient (Wildman–Crippen LogP) is 1.90. The molecule has 0 saturated heterocycles. The lowest BCUT2D eigenvalue weighted by Crippen LogP contribution is -2.15. The standard InChI is InChI=1S/C14H15N3O3/c1-3-11-12(8(2)17-20-11)14(19)16-10-6-4-5-9(7-10)13(15)18/h4-7H,3H2,1-2H3,(H2,15,18)(H,16,19). The van der Waals surface area contributed by atoms with E-state index in [-0.39, 0.29) is 5.91 Å². The Labute approximate surface area is 115 Å². The lowest BCUT2D eigenvalue weighted by Gasteiger charge is -2.06. The smallest absolute Gasteiger partial charge is 0.261 e. The van der Waals surface area contributed by atoms with Gasteiger partial charge < -0.3 is 15.6 Å². The van der Waals surface area contributed by atoms with Crippen LogP contribution in [0.3, 0.4) is 0 Å². The SMILES string of the molecule is CCc1onc(C)c1C(=O)Nc1cccc(C(N)=O)c1. The normalized spacial score (nSPS) is 10.3. The van der Waals surface area contributed by atoms with Crippen molar-refractivity contribution in [2.75, 3.05) is 5.32 Å². The number of primary amides is 1. The number of nitrogens with one attached hydrogen (secondary N) is 1. The number of nitrogens with two attached hydrogens (primary N) is 1. The van der Waals surface area contributed by atoms with Crippen LogP contribution in [-0.2, 0) is 6.42 Å². The molecule has 0 aliphatic heterocycles. The lowest BCUT2D eigenvalue weighted by atomic mass is 10.1. The largest absolute Gasteiger partial charge is 0.366 e. The highest BCUT2D eigenvalue weighted by molar-refractivity contribution is 6.06. The summed E-state index contributed by atoms with van der Waals surface area (Å²) in [7, 11) is 0. The van der Waals surface area contributed by atoms with Gasteiger partial charge >= 0.3 is 0 Å². The van der Waals surface area contributed by atoms with Crippen LogP contribution in [0.4, 0.5) is 5.69 Å². The molecule has 1 aromatic heterocycles. The zero-order valence-corrected chi connectivity index (χ0v) is 11.3. The molecule has 104 valence electrons. The number of nitrogens with zero attached hydrogens (tertiary/aromatic N) is 1. The molecule has 1 aromatic carbocycles. The molecular formula is C14H15N3O3. The third kappa shape index (κ3) is 2.69. The summed E-state index contributed by atoms with van der Waals surface area (Å²) >= 11 is 0. The van der Waals surface area contributed by atoms with Gasteiger partial charge in [-0.15, -0.1) is 0 Å². The van der Waals surface area contributed by atoms with Gasteiger partial charge in [0.05, 0.1) is 5.69 Å². The number of benzene rings is 1. The summed E-state index contributed by atoms with van der Waals surface area (Å²) in [5, 5.41) is 6.49. The summed E-state index contributed by atoms with van der Waals surface area (Å²) in [6.07, 6.45) is 0.574. The molecule has 2 amide bonds. The van der Waals surface area contributed by atoms with Crippen molar-refractivity contribution in [3.63, 3.8) is 0 Å². The van der Waals surface area contributed by atoms with Gasteiger partial charge in [0.1, 0.15) is 11.3 Å². The van der Waals surface area contributed by atoms with Crippen LogP contribution >= 0.6 is 0 Å². The van der Waals surface area contributed by atoms with Gasteiger partial charge in [0.2, 0.25) is 5.91 Å². The van der Waals surface area contributed by atoms with Crippen LogP contribution in [0.25, 0.3) is 0 Å². The average Bonchev–Trinajstić information content (AvgIpc) is 2.80. The summed E-state index contributed by atoms with van der Waals surface area (Å²) in [4.78, 5) is 23.3. The van der Waals surface area contributed by atoms with E-state index in [9.17, 15) is 9.59 Å². The Morgan fingerprint density at radius 2 is 2.15 bits per heavy atom. The van der Waals surface area contributed by atoms with Crippen molar-refractivity contribution in [1.29, 1.82) is 0 Å². The third-order valence-electron chi connectivity index (χ3n) is 2.89. The van der Waals surface area contributed by atoms with E-state index in [0.29, 0.717) is 34.7 Å². The van der Waals surface area contributed by atoms with Gasteiger partial charge in [-0.25, -0.2) is 0 Å². The number of hydrogen-bond donors (Lipinski definition) is 2. The van der Waals surface area contributed by atoms with Gasteiger partial charge in [0, 0.05) is 17.7 Å². The fourth-order valence-electron chi connectivity index (χ4n) is 1.89. The Bertz CT molecular complexity index is 661. The summed E-state index contributed by atoms with van der Waals surface area (Å²) in [5.41, 5.74) is 6.99. The minimum absolute atomic E-state index is 0.317. The molecule has 0 spiro atoms. The van der Waals surface area contributed by atoms with E-state index in [4.69, 9.17) is 10.3 Å². The van der Waals surface area contributed by atoms with Gasteiger partial charge in [-0.05, 0) is 25.1 Å². The lowest BCUT2D eigenvalue weighted by molar-refractivity contribution is 0.0995. The van der Waals surface area contributed by atoms with E-state index in [0.717, 1.165) is 0 Å². The first-order valence-corrected chi connectivity index (χ1v) is 6.19. The monoisotopic (exact) mass is 273 g/mol. The highest BCUT2D eigenvalue weighted by Crippen LogP contribution is 2.17. The van der Waals surface area contributed by atoms with Crippen molar-refractivity contribution in [2.45, 2.75) is 20.3 Å². The molecule has 2 aromatic rings. The van der Waals surface area contributed by atoms with Gasteiger partial charge in [0.15, 0.2) is 0 Å². The van der Waals surface area contributed by atoms with E-state index in [1.165, 1.54) is 6.07 Å². The molecule has 2 rings (SSSR count). The van der Waals surface area contributed by atoms with Crippen molar-refractivity contribution in [1.82, 2.24) is 5.16 Å². The highest BCUT2D eigenvalue weighted by Gasteiger charge is 2.19. The van der Waals surface area contributed by atoms with Gasteiger partial charge in [0.25, 0.3) is 5.91 Å². The molecule has 0 aliphatic rings. The number of carbonyl (C=O) groups is 2. The number of rotatable bonds is 4. The van der Waals surface area contributed by atoms with E-state index in [2.05, 4.69) is 10.5 Å². The van der Waals surface area contributed by atoms with Crippen LogP contribution in [0.1, 0.15) is 39.1 Å². The summed E-state index contributed by atoms with van der Waals surface area (Å²) in [6.45, 7) is 3.59. The topological polar surface area (TPSA) is 98.2 Å². The maximum absolute atomic E-state index is 12.2. The van der Waals surface area contributed by atoms with Gasteiger partial charge in [-0.2, -0.15) is 0 Å². The molecule has 0 saturated carbocycles. The summed E-state index contributed by atoms with van der Waals surface area (Å²) in [5.74, 6) is -0.329. The molecule has 6 heteroatoms. The molecule has 0 atom stereocenters. The minimum atomic E-state index is -0.545. The van der Waals surface area contributed by atoms with Crippen LogP contribution in [0.5, 0.6) is 0 Å². The van der Waals surface area contributed by atoms with Gasteiger partial charge in [-0.3, -0.25) is 9.59 Å². The molecular weight excluding hydrogens is 258 g/mol. The van der Waals surface area contributed by atoms with Crippen molar-refractivity contribution in [3.8, 4) is 0 Å². The molecule has 0 bridgehead atoms. The van der Waals surface area contributed by atoms with Crippen LogP contribution in [0.15, 0.2) is 28.8 Å². The number of aromatic nitrogens is 1. The maximum atomic E-state index is 12.2. The van der Waals surface area contributed by atoms with E-state index in [1.807, 2.05) is 6.92 Å². The second kappa shape index (κ2) is 5.56. The van der Waals surface area contributed by atoms with Crippen LogP contribution in [0, 0.1) is 6.92 Å². The summed E-state index contributed by atoms with van der Waals surface area (Å²) in [6, 6.07) is 6.44. The predicted molar refractivity (Wildman–Crippen MR) is 73.5 cm³/mol. The molecule has 6 nitrogen and oxygen atoms in total. The molecule has 0 radical (unpaired) electrons. The van der Waals surface area contributed by atoms with Crippen LogP contribution in [-0.4, -0.2) is 17.0 Å². The fourth-order valence-corrected chi connectivity index (χ4v) is 1.89. The Morgan fingerprint density at radius 1 is 1.40 bits per heavy atom. The molecule has 0 fully saturated rings. The average molecular weight is 273 g/mol. The Morgan fingerprint density at radius 3 is 2.80 bits per heavy atom. The minimum Gasteiger partial charge on any atom is -0.366 e. The van der Waals surface area contributed by atoms with Crippen molar-refractivity contribution < 1.29 is 14.1 Å².